The van der Waals surface area contributed by atoms with Crippen LogP contribution in [-0.2, 0) is 0 Å². The highest BCUT2D eigenvalue weighted by Gasteiger charge is 2.20. The third kappa shape index (κ3) is 3.49. The number of benzene rings is 3. The number of rotatable bonds is 5. The zero-order chi connectivity index (χ0) is 18.8. The molecule has 0 radical (unpaired) electrons. The predicted octanol–water partition coefficient (Wildman–Crippen LogP) is 5.40. The Kier molecular flexibility index (Phi) is 4.74. The third-order valence-electron chi connectivity index (χ3n) is 5.04. The summed E-state index contributed by atoms with van der Waals surface area (Å²) in [6, 6.07) is 22.8. The van der Waals surface area contributed by atoms with Gasteiger partial charge in [-0.25, -0.2) is 0 Å². The fourth-order valence-corrected chi connectivity index (χ4v) is 3.83. The van der Waals surface area contributed by atoms with Gasteiger partial charge in [-0.05, 0) is 36.0 Å². The van der Waals surface area contributed by atoms with Gasteiger partial charge in [-0.15, -0.1) is 0 Å². The molecule has 0 aliphatic heterocycles. The summed E-state index contributed by atoms with van der Waals surface area (Å²) >= 11 is 0. The van der Waals surface area contributed by atoms with E-state index in [1.54, 1.807) is 0 Å². The zero-order valence-corrected chi connectivity index (χ0v) is 15.8. The molecule has 4 rings (SSSR count). The Balaban J connectivity index is 1.86. The van der Waals surface area contributed by atoms with Gasteiger partial charge in [-0.1, -0.05) is 85.0 Å². The Hall–Kier alpha value is -2.97. The SMILES string of the molecule is CN(C)CC1=CC(c2ccc3ccccc3c2C(=N)c2ccccc2)C=C1. The molecule has 0 amide bonds. The van der Waals surface area contributed by atoms with E-state index in [-0.39, 0.29) is 5.92 Å². The van der Waals surface area contributed by atoms with Crippen molar-refractivity contribution in [2.45, 2.75) is 5.92 Å². The van der Waals surface area contributed by atoms with Crippen LogP contribution in [0.5, 0.6) is 0 Å². The number of likely N-dealkylation sites (N-methyl/N-ethyl adjacent to an activating group) is 1. The molecule has 3 aromatic rings. The van der Waals surface area contributed by atoms with Crippen molar-refractivity contribution in [3.8, 4) is 0 Å². The van der Waals surface area contributed by atoms with E-state index in [0.29, 0.717) is 5.71 Å². The van der Waals surface area contributed by atoms with Crippen LogP contribution in [0.4, 0.5) is 0 Å². The van der Waals surface area contributed by atoms with E-state index in [9.17, 15) is 0 Å². The molecule has 1 N–H and O–H groups in total. The molecule has 1 atom stereocenters. The Morgan fingerprint density at radius 1 is 0.926 bits per heavy atom. The van der Waals surface area contributed by atoms with Gasteiger partial charge < -0.3 is 4.90 Å². The van der Waals surface area contributed by atoms with Gasteiger partial charge >= 0.3 is 0 Å². The van der Waals surface area contributed by atoms with Crippen LogP contribution in [0.3, 0.4) is 0 Å². The molecule has 2 nitrogen and oxygen atoms in total. The summed E-state index contributed by atoms with van der Waals surface area (Å²) in [4.78, 5) is 2.19. The maximum absolute atomic E-state index is 8.97. The summed E-state index contributed by atoms with van der Waals surface area (Å²) in [6.07, 6.45) is 6.80. The second kappa shape index (κ2) is 7.34. The number of hydrogen-bond acceptors (Lipinski definition) is 2. The normalized spacial score (nSPS) is 16.1. The monoisotopic (exact) mass is 352 g/mol. The second-order valence-corrected chi connectivity index (χ2v) is 7.36. The van der Waals surface area contributed by atoms with Crippen LogP contribution in [-0.4, -0.2) is 31.3 Å². The lowest BCUT2D eigenvalue weighted by Gasteiger charge is -2.17. The van der Waals surface area contributed by atoms with Crippen LogP contribution < -0.4 is 0 Å². The zero-order valence-electron chi connectivity index (χ0n) is 15.8. The van der Waals surface area contributed by atoms with Gasteiger partial charge in [0.2, 0.25) is 0 Å². The molecule has 0 aromatic heterocycles. The number of nitrogens with one attached hydrogen (secondary N) is 1. The fraction of sp³-hybridized carbons (Fsp3) is 0.160. The van der Waals surface area contributed by atoms with Crippen LogP contribution in [0.25, 0.3) is 10.8 Å². The van der Waals surface area contributed by atoms with Crippen LogP contribution >= 0.6 is 0 Å². The quantitative estimate of drug-likeness (QED) is 0.612. The molecule has 0 heterocycles. The Morgan fingerprint density at radius 3 is 2.44 bits per heavy atom. The van der Waals surface area contributed by atoms with Crippen molar-refractivity contribution in [2.75, 3.05) is 20.6 Å². The minimum absolute atomic E-state index is 0.212. The van der Waals surface area contributed by atoms with E-state index < -0.39 is 0 Å². The summed E-state index contributed by atoms with van der Waals surface area (Å²) in [5, 5.41) is 11.3. The van der Waals surface area contributed by atoms with Gasteiger partial charge in [-0.3, -0.25) is 5.41 Å². The average molecular weight is 352 g/mol. The summed E-state index contributed by atoms with van der Waals surface area (Å²) in [7, 11) is 4.18. The maximum atomic E-state index is 8.97. The highest BCUT2D eigenvalue weighted by Crippen LogP contribution is 2.34. The number of allylic oxidation sites excluding steroid dienone is 2. The molecule has 1 unspecified atom stereocenters. The van der Waals surface area contributed by atoms with Crippen molar-refractivity contribution in [1.82, 2.24) is 4.90 Å². The number of hydrogen-bond donors (Lipinski definition) is 1. The first-order valence-corrected chi connectivity index (χ1v) is 9.33. The predicted molar refractivity (Wildman–Crippen MR) is 115 cm³/mol. The summed E-state index contributed by atoms with van der Waals surface area (Å²) in [6.45, 7) is 0.937. The number of fused-ring (bicyclic) bond motifs is 1. The molecule has 0 bridgehead atoms. The van der Waals surface area contributed by atoms with Gasteiger partial charge in [0.25, 0.3) is 0 Å². The molecule has 0 fully saturated rings. The maximum Gasteiger partial charge on any atom is 0.0693 e. The third-order valence-corrected chi connectivity index (χ3v) is 5.04. The molecule has 27 heavy (non-hydrogen) atoms. The lowest BCUT2D eigenvalue weighted by Crippen LogP contribution is -2.13. The first kappa shape index (κ1) is 17.4. The topological polar surface area (TPSA) is 27.1 Å². The molecule has 1 aliphatic rings. The molecule has 134 valence electrons. The molecule has 0 spiro atoms. The van der Waals surface area contributed by atoms with Gasteiger partial charge in [0.1, 0.15) is 0 Å². The van der Waals surface area contributed by atoms with E-state index in [1.807, 2.05) is 30.3 Å². The van der Waals surface area contributed by atoms with Gasteiger partial charge in [-0.2, -0.15) is 0 Å². The summed E-state index contributed by atoms with van der Waals surface area (Å²) < 4.78 is 0. The molecule has 1 aliphatic carbocycles. The molecule has 3 aromatic carbocycles. The van der Waals surface area contributed by atoms with Gasteiger partial charge in [0.05, 0.1) is 5.71 Å². The average Bonchev–Trinajstić information content (AvgIpc) is 3.14. The van der Waals surface area contributed by atoms with Crippen LogP contribution in [0.1, 0.15) is 22.6 Å². The number of nitrogens with zero attached hydrogens (tertiary/aromatic N) is 1. The van der Waals surface area contributed by atoms with E-state index in [1.165, 1.54) is 16.5 Å². The lowest BCUT2D eigenvalue weighted by molar-refractivity contribution is 0.449. The van der Waals surface area contributed by atoms with Gasteiger partial charge in [0, 0.05) is 23.6 Å². The first-order chi connectivity index (χ1) is 13.1. The van der Waals surface area contributed by atoms with E-state index in [2.05, 4.69) is 73.6 Å². The van der Waals surface area contributed by atoms with Crippen LogP contribution in [0, 0.1) is 5.41 Å². The fourth-order valence-electron chi connectivity index (χ4n) is 3.83. The highest BCUT2D eigenvalue weighted by atomic mass is 15.0. The molecular weight excluding hydrogens is 328 g/mol. The minimum atomic E-state index is 0.212. The Morgan fingerprint density at radius 2 is 1.67 bits per heavy atom. The van der Waals surface area contributed by atoms with Crippen molar-refractivity contribution in [1.29, 1.82) is 5.41 Å². The summed E-state index contributed by atoms with van der Waals surface area (Å²) in [5.41, 5.74) is 5.11. The van der Waals surface area contributed by atoms with Crippen LogP contribution in [0.15, 0.2) is 90.5 Å². The lowest BCUT2D eigenvalue weighted by atomic mass is 9.86. The van der Waals surface area contributed by atoms with Crippen LogP contribution in [0.2, 0.25) is 0 Å². The molecule has 2 heteroatoms. The van der Waals surface area contributed by atoms with Crippen molar-refractivity contribution in [2.24, 2.45) is 0 Å². The van der Waals surface area contributed by atoms with E-state index >= 15 is 0 Å². The second-order valence-electron chi connectivity index (χ2n) is 7.36. The Bertz CT molecular complexity index is 1040. The van der Waals surface area contributed by atoms with Crippen molar-refractivity contribution in [3.63, 3.8) is 0 Å². The van der Waals surface area contributed by atoms with Gasteiger partial charge in [0.15, 0.2) is 0 Å². The van der Waals surface area contributed by atoms with E-state index in [4.69, 9.17) is 5.41 Å². The van der Waals surface area contributed by atoms with Crippen molar-refractivity contribution < 1.29 is 0 Å². The smallest absolute Gasteiger partial charge is 0.0693 e. The van der Waals surface area contributed by atoms with Crippen molar-refractivity contribution in [3.05, 3.63) is 107 Å². The molecule has 0 saturated heterocycles. The first-order valence-electron chi connectivity index (χ1n) is 9.33. The minimum Gasteiger partial charge on any atom is -0.305 e. The largest absolute Gasteiger partial charge is 0.305 e. The molecule has 0 saturated carbocycles. The van der Waals surface area contributed by atoms with E-state index in [0.717, 1.165) is 23.1 Å². The molecular formula is C25H24N2. The summed E-state index contributed by atoms with van der Waals surface area (Å²) in [5.74, 6) is 0.212. The van der Waals surface area contributed by atoms with Crippen molar-refractivity contribution >= 4 is 16.5 Å². The highest BCUT2D eigenvalue weighted by molar-refractivity contribution is 6.19. The Labute approximate surface area is 161 Å². The standard InChI is InChI=1S/C25H24N2/c1-27(2)17-18-12-13-21(16-18)23-15-14-19-8-6-7-11-22(19)24(23)25(26)20-9-4-3-5-10-20/h3-16,21,26H,17H2,1-2H3.